The summed E-state index contributed by atoms with van der Waals surface area (Å²) in [5.41, 5.74) is 3.69. The minimum atomic E-state index is 0.346. The van der Waals surface area contributed by atoms with Crippen LogP contribution in [0.1, 0.15) is 44.0 Å². The average molecular weight is 477 g/mol. The van der Waals surface area contributed by atoms with Gasteiger partial charge in [0, 0.05) is 36.5 Å². The zero-order chi connectivity index (χ0) is 21.8. The van der Waals surface area contributed by atoms with Crippen LogP contribution in [0.4, 0.5) is 0 Å². The Labute approximate surface area is 190 Å². The maximum Gasteiger partial charge on any atom is 0.126 e. The Morgan fingerprint density at radius 2 is 2.27 bits per heavy atom. The van der Waals surface area contributed by atoms with E-state index in [1.54, 1.807) is 0 Å². The SMILES string of the molecule is C/C=C\C(=N/CN(CC)CCNC)N/C(=C/Br)CN(C)[C@H]1CCCc2cccnc21. The van der Waals surface area contributed by atoms with E-state index in [-0.39, 0.29) is 0 Å². The van der Waals surface area contributed by atoms with Crippen molar-refractivity contribution in [3.8, 4) is 0 Å². The summed E-state index contributed by atoms with van der Waals surface area (Å²) in [6, 6.07) is 4.60. The highest BCUT2D eigenvalue weighted by atomic mass is 79.9. The van der Waals surface area contributed by atoms with E-state index in [2.05, 4.69) is 61.4 Å². The number of likely N-dealkylation sites (N-methyl/N-ethyl adjacent to an activating group) is 3. The summed E-state index contributed by atoms with van der Waals surface area (Å²) in [5, 5.41) is 6.71. The molecule has 0 bridgehead atoms. The van der Waals surface area contributed by atoms with E-state index in [4.69, 9.17) is 4.99 Å². The third-order valence-electron chi connectivity index (χ3n) is 5.43. The Balaban J connectivity index is 2.03. The van der Waals surface area contributed by atoms with Crippen LogP contribution in [0.25, 0.3) is 0 Å². The van der Waals surface area contributed by atoms with Gasteiger partial charge in [0.2, 0.25) is 0 Å². The Kier molecular flexibility index (Phi) is 11.3. The summed E-state index contributed by atoms with van der Waals surface area (Å²) in [7, 11) is 4.16. The predicted molar refractivity (Wildman–Crippen MR) is 131 cm³/mol. The second kappa shape index (κ2) is 13.7. The molecular weight excluding hydrogens is 440 g/mol. The molecule has 0 saturated carbocycles. The number of hydrogen-bond donors (Lipinski definition) is 2. The maximum absolute atomic E-state index is 4.81. The van der Waals surface area contributed by atoms with E-state index in [0.717, 1.165) is 50.6 Å². The van der Waals surface area contributed by atoms with Gasteiger partial charge in [0.1, 0.15) is 5.84 Å². The molecule has 0 aromatic carbocycles. The number of aliphatic imine (C=N–C) groups is 1. The first-order valence-electron chi connectivity index (χ1n) is 10.9. The van der Waals surface area contributed by atoms with E-state index >= 15 is 0 Å². The molecule has 1 atom stereocenters. The lowest BCUT2D eigenvalue weighted by atomic mass is 9.91. The summed E-state index contributed by atoms with van der Waals surface area (Å²) in [6.07, 6.45) is 9.44. The number of allylic oxidation sites excluding steroid dienone is 1. The minimum absolute atomic E-state index is 0.346. The molecule has 6 nitrogen and oxygen atoms in total. The van der Waals surface area contributed by atoms with Gasteiger partial charge in [-0.05, 0) is 64.5 Å². The fraction of sp³-hybridized carbons (Fsp3) is 0.565. The molecule has 7 heteroatoms. The summed E-state index contributed by atoms with van der Waals surface area (Å²) in [4.78, 5) is 16.2. The average Bonchev–Trinajstić information content (AvgIpc) is 2.78. The molecule has 166 valence electrons. The highest BCUT2D eigenvalue weighted by molar-refractivity contribution is 9.11. The monoisotopic (exact) mass is 476 g/mol. The zero-order valence-electron chi connectivity index (χ0n) is 18.9. The van der Waals surface area contributed by atoms with Gasteiger partial charge in [-0.25, -0.2) is 0 Å². The largest absolute Gasteiger partial charge is 0.342 e. The molecule has 2 N–H and O–H groups in total. The van der Waals surface area contributed by atoms with Crippen molar-refractivity contribution < 1.29 is 0 Å². The normalized spacial score (nSPS) is 17.8. The van der Waals surface area contributed by atoms with Crippen LogP contribution >= 0.6 is 15.9 Å². The topological polar surface area (TPSA) is 55.8 Å². The fourth-order valence-corrected chi connectivity index (χ4v) is 3.98. The highest BCUT2D eigenvalue weighted by Crippen LogP contribution is 2.32. The lowest BCUT2D eigenvalue weighted by molar-refractivity contribution is 0.231. The summed E-state index contributed by atoms with van der Waals surface area (Å²) < 4.78 is 0. The van der Waals surface area contributed by atoms with E-state index in [1.807, 2.05) is 43.4 Å². The zero-order valence-corrected chi connectivity index (χ0v) is 20.5. The molecule has 1 heterocycles. The molecule has 2 rings (SSSR count). The minimum Gasteiger partial charge on any atom is -0.342 e. The van der Waals surface area contributed by atoms with Crippen LogP contribution in [0.5, 0.6) is 0 Å². The lowest BCUT2D eigenvalue weighted by Gasteiger charge is -2.32. The van der Waals surface area contributed by atoms with Gasteiger partial charge >= 0.3 is 0 Å². The van der Waals surface area contributed by atoms with Crippen molar-refractivity contribution >= 4 is 21.8 Å². The van der Waals surface area contributed by atoms with Crippen LogP contribution in [0.2, 0.25) is 0 Å². The van der Waals surface area contributed by atoms with Crippen molar-refractivity contribution in [1.82, 2.24) is 25.4 Å². The quantitative estimate of drug-likeness (QED) is 0.376. The number of aryl methyl sites for hydroxylation is 1. The molecule has 0 aliphatic heterocycles. The number of fused-ring (bicyclic) bond motifs is 1. The lowest BCUT2D eigenvalue weighted by Crippen LogP contribution is -2.35. The van der Waals surface area contributed by atoms with Crippen LogP contribution in [-0.2, 0) is 6.42 Å². The summed E-state index contributed by atoms with van der Waals surface area (Å²) >= 11 is 3.54. The Hall–Kier alpha value is -1.54. The number of amidine groups is 1. The molecule has 0 spiro atoms. The fourth-order valence-electron chi connectivity index (χ4n) is 3.73. The number of halogens is 1. The molecule has 0 amide bonds. The van der Waals surface area contributed by atoms with Crippen molar-refractivity contribution in [1.29, 1.82) is 0 Å². The van der Waals surface area contributed by atoms with E-state index in [1.165, 1.54) is 17.7 Å². The first kappa shape index (κ1) is 24.7. The standard InChI is InChI=1S/C23H37BrN6/c1-5-9-22(27-18-30(6-2)15-14-25-3)28-20(16-24)17-29(4)21-12-7-10-19-11-8-13-26-23(19)21/h5,8-9,11,13,16,21,25H,6-7,10,12,14-15,17-18H2,1-4H3,(H,27,28)/b9-5-,20-16+/t21-/m0/s1. The van der Waals surface area contributed by atoms with Crippen LogP contribution in [0.3, 0.4) is 0 Å². The number of nitrogens with zero attached hydrogens (tertiary/aromatic N) is 4. The molecular formula is C23H37BrN6. The Morgan fingerprint density at radius 1 is 1.43 bits per heavy atom. The number of hydrogen-bond acceptors (Lipinski definition) is 5. The number of nitrogens with one attached hydrogen (secondary N) is 2. The molecule has 0 radical (unpaired) electrons. The van der Waals surface area contributed by atoms with E-state index < -0.39 is 0 Å². The van der Waals surface area contributed by atoms with Crippen LogP contribution in [0, 0.1) is 0 Å². The van der Waals surface area contributed by atoms with Gasteiger partial charge in [0.15, 0.2) is 0 Å². The van der Waals surface area contributed by atoms with Gasteiger partial charge in [-0.2, -0.15) is 0 Å². The van der Waals surface area contributed by atoms with E-state index in [9.17, 15) is 0 Å². The molecule has 0 saturated heterocycles. The van der Waals surface area contributed by atoms with Crippen LogP contribution < -0.4 is 10.6 Å². The molecule has 1 aliphatic carbocycles. The van der Waals surface area contributed by atoms with Gasteiger partial charge in [0.05, 0.1) is 18.4 Å². The van der Waals surface area contributed by atoms with Gasteiger partial charge in [0.25, 0.3) is 0 Å². The summed E-state index contributed by atoms with van der Waals surface area (Å²) in [5.74, 6) is 0.877. The van der Waals surface area contributed by atoms with E-state index in [0.29, 0.717) is 12.7 Å². The second-order valence-electron chi connectivity index (χ2n) is 7.63. The van der Waals surface area contributed by atoms with Crippen LogP contribution in [0.15, 0.2) is 46.2 Å². The van der Waals surface area contributed by atoms with Gasteiger partial charge in [-0.3, -0.25) is 19.8 Å². The van der Waals surface area contributed by atoms with Crippen molar-refractivity contribution in [3.05, 3.63) is 52.4 Å². The van der Waals surface area contributed by atoms with Crippen molar-refractivity contribution in [2.24, 2.45) is 4.99 Å². The number of pyridine rings is 1. The molecule has 1 aromatic heterocycles. The van der Waals surface area contributed by atoms with Gasteiger partial charge < -0.3 is 10.6 Å². The van der Waals surface area contributed by atoms with Crippen LogP contribution in [-0.4, -0.2) is 67.6 Å². The highest BCUT2D eigenvalue weighted by Gasteiger charge is 2.25. The Bertz CT molecular complexity index is 730. The first-order valence-corrected chi connectivity index (χ1v) is 11.8. The molecule has 0 unspecified atom stereocenters. The Morgan fingerprint density at radius 3 is 2.97 bits per heavy atom. The van der Waals surface area contributed by atoms with Crippen molar-refractivity contribution in [3.63, 3.8) is 0 Å². The number of aromatic nitrogens is 1. The third-order valence-corrected chi connectivity index (χ3v) is 5.98. The molecule has 30 heavy (non-hydrogen) atoms. The van der Waals surface area contributed by atoms with Gasteiger partial charge in [-0.15, -0.1) is 0 Å². The molecule has 0 fully saturated rings. The molecule has 1 aromatic rings. The molecule has 1 aliphatic rings. The maximum atomic E-state index is 4.81. The third kappa shape index (κ3) is 7.61. The second-order valence-corrected chi connectivity index (χ2v) is 8.09. The smallest absolute Gasteiger partial charge is 0.126 e. The predicted octanol–water partition coefficient (Wildman–Crippen LogP) is 3.69. The van der Waals surface area contributed by atoms with Gasteiger partial charge in [-0.1, -0.05) is 35.0 Å². The summed E-state index contributed by atoms with van der Waals surface area (Å²) in [6.45, 7) is 8.58. The first-order chi connectivity index (χ1) is 14.6. The van der Waals surface area contributed by atoms with Crippen molar-refractivity contribution in [2.45, 2.75) is 39.2 Å². The van der Waals surface area contributed by atoms with Crippen molar-refractivity contribution in [2.75, 3.05) is 46.9 Å². The number of rotatable bonds is 11.